The zero-order chi connectivity index (χ0) is 18.5. The number of fused-ring (bicyclic) bond motifs is 4. The van der Waals surface area contributed by atoms with Crippen LogP contribution in [-0.4, -0.2) is 42.2 Å². The Kier molecular flexibility index (Phi) is 7.01. The molecule has 2 fully saturated rings. The molecule has 0 saturated heterocycles. The molecule has 1 aromatic heterocycles. The minimum Gasteiger partial charge on any atom is -0.311 e. The van der Waals surface area contributed by atoms with Crippen molar-refractivity contribution in [2.75, 3.05) is 13.1 Å². The second kappa shape index (κ2) is 9.66. The standard InChI is InChI=1S/C21H34ClN5/c22-15-11-16-13-25-20-7-3-1-5-18(20)23-9-10-24-19-6-2-4-8-21(19)26-14-17(12-15)27-16/h11-12,18-21,23-26H,1-10,13-14H2/t18-,19-,20-,21-/m1/s1. The molecule has 150 valence electrons. The molecule has 0 amide bonds. The van der Waals surface area contributed by atoms with Gasteiger partial charge in [-0.05, 0) is 37.8 Å². The zero-order valence-electron chi connectivity index (χ0n) is 16.3. The zero-order valence-corrected chi connectivity index (χ0v) is 17.0. The van der Waals surface area contributed by atoms with E-state index in [1.54, 1.807) is 0 Å². The SMILES string of the molecule is Clc1cc2nc(c1)CN[C@@H]1CCCC[C@H]1NCCN[C@@H]1CCCC[C@H]1NC2. The molecule has 2 saturated carbocycles. The predicted molar refractivity (Wildman–Crippen MR) is 111 cm³/mol. The average Bonchev–Trinajstić information content (AvgIpc) is 2.69. The second-order valence-electron chi connectivity index (χ2n) is 8.43. The minimum absolute atomic E-state index is 0.522. The molecule has 5 nitrogen and oxygen atoms in total. The average molecular weight is 392 g/mol. The minimum atomic E-state index is 0.522. The van der Waals surface area contributed by atoms with Crippen LogP contribution < -0.4 is 21.3 Å². The van der Waals surface area contributed by atoms with Gasteiger partial charge >= 0.3 is 0 Å². The summed E-state index contributed by atoms with van der Waals surface area (Å²) in [7, 11) is 0. The molecular weight excluding hydrogens is 358 g/mol. The van der Waals surface area contributed by atoms with Crippen molar-refractivity contribution in [1.82, 2.24) is 26.3 Å². The summed E-state index contributed by atoms with van der Waals surface area (Å²) in [6, 6.07) is 6.18. The topological polar surface area (TPSA) is 61.0 Å². The summed E-state index contributed by atoms with van der Waals surface area (Å²) in [5.74, 6) is 0. The first-order valence-electron chi connectivity index (χ1n) is 10.9. The molecular formula is C21H34ClN5. The van der Waals surface area contributed by atoms with Gasteiger partial charge in [0.2, 0.25) is 0 Å². The summed E-state index contributed by atoms with van der Waals surface area (Å²) < 4.78 is 0. The fraction of sp³-hybridized carbons (Fsp3) is 0.762. The maximum atomic E-state index is 6.39. The van der Waals surface area contributed by atoms with E-state index in [2.05, 4.69) is 21.3 Å². The Morgan fingerprint density at radius 2 is 1.07 bits per heavy atom. The number of halogens is 1. The number of pyridine rings is 1. The Labute approximate surface area is 168 Å². The second-order valence-corrected chi connectivity index (χ2v) is 8.87. The molecule has 1 aliphatic heterocycles. The fourth-order valence-electron chi connectivity index (χ4n) is 5.02. The summed E-state index contributed by atoms with van der Waals surface area (Å²) in [6.45, 7) is 3.68. The molecule has 1 aromatic rings. The maximum absolute atomic E-state index is 6.39. The third-order valence-corrected chi connectivity index (χ3v) is 6.68. The smallest absolute Gasteiger partial charge is 0.0560 e. The van der Waals surface area contributed by atoms with Gasteiger partial charge in [0.1, 0.15) is 0 Å². The van der Waals surface area contributed by atoms with E-state index in [9.17, 15) is 0 Å². The molecule has 2 heterocycles. The van der Waals surface area contributed by atoms with E-state index in [-0.39, 0.29) is 0 Å². The van der Waals surface area contributed by atoms with E-state index in [1.807, 2.05) is 12.1 Å². The summed E-state index contributed by atoms with van der Waals surface area (Å²) in [6.07, 6.45) is 10.3. The summed E-state index contributed by atoms with van der Waals surface area (Å²) in [5.41, 5.74) is 2.11. The van der Waals surface area contributed by atoms with Crippen molar-refractivity contribution in [3.63, 3.8) is 0 Å². The Morgan fingerprint density at radius 3 is 1.52 bits per heavy atom. The van der Waals surface area contributed by atoms with Crippen molar-refractivity contribution < 1.29 is 0 Å². The van der Waals surface area contributed by atoms with Gasteiger partial charge in [-0.15, -0.1) is 0 Å². The number of nitrogens with zero attached hydrogens (tertiary/aromatic N) is 1. The number of aromatic nitrogens is 1. The van der Waals surface area contributed by atoms with Gasteiger partial charge in [0.15, 0.2) is 0 Å². The molecule has 27 heavy (non-hydrogen) atoms. The number of hydrogen-bond acceptors (Lipinski definition) is 5. The van der Waals surface area contributed by atoms with Crippen molar-refractivity contribution in [3.8, 4) is 0 Å². The highest BCUT2D eigenvalue weighted by Crippen LogP contribution is 2.21. The van der Waals surface area contributed by atoms with Crippen LogP contribution in [0.15, 0.2) is 12.1 Å². The lowest BCUT2D eigenvalue weighted by atomic mass is 9.89. The molecule has 2 aliphatic carbocycles. The fourth-order valence-corrected chi connectivity index (χ4v) is 5.27. The van der Waals surface area contributed by atoms with Gasteiger partial charge in [-0.2, -0.15) is 0 Å². The first-order valence-corrected chi connectivity index (χ1v) is 11.2. The van der Waals surface area contributed by atoms with E-state index in [0.29, 0.717) is 24.2 Å². The summed E-state index contributed by atoms with van der Waals surface area (Å²) >= 11 is 6.39. The first kappa shape index (κ1) is 19.6. The summed E-state index contributed by atoms with van der Waals surface area (Å²) in [5, 5.41) is 15.9. The Morgan fingerprint density at radius 1 is 0.667 bits per heavy atom. The predicted octanol–water partition coefficient (Wildman–Crippen LogP) is 2.73. The lowest BCUT2D eigenvalue weighted by Gasteiger charge is -2.34. The number of hydrogen-bond donors (Lipinski definition) is 4. The quantitative estimate of drug-likeness (QED) is 0.547. The third-order valence-electron chi connectivity index (χ3n) is 6.46. The normalized spacial score (nSPS) is 33.2. The van der Waals surface area contributed by atoms with E-state index < -0.39 is 0 Å². The highest BCUT2D eigenvalue weighted by atomic mass is 35.5. The van der Waals surface area contributed by atoms with Gasteiger partial charge in [-0.3, -0.25) is 4.98 Å². The molecule has 2 bridgehead atoms. The van der Waals surface area contributed by atoms with Crippen LogP contribution in [0.25, 0.3) is 0 Å². The van der Waals surface area contributed by atoms with Crippen molar-refractivity contribution in [2.45, 2.75) is 88.6 Å². The van der Waals surface area contributed by atoms with Crippen molar-refractivity contribution >= 4 is 11.6 Å². The van der Waals surface area contributed by atoms with Gasteiger partial charge in [0.25, 0.3) is 0 Å². The molecule has 4 atom stereocenters. The molecule has 6 heteroatoms. The van der Waals surface area contributed by atoms with Crippen LogP contribution in [0.4, 0.5) is 0 Å². The molecule has 0 aromatic carbocycles. The van der Waals surface area contributed by atoms with Gasteiger partial charge < -0.3 is 21.3 Å². The van der Waals surface area contributed by atoms with E-state index >= 15 is 0 Å². The van der Waals surface area contributed by atoms with Gasteiger partial charge in [-0.25, -0.2) is 0 Å². The Bertz CT molecular complexity index is 562. The molecule has 0 radical (unpaired) electrons. The maximum Gasteiger partial charge on any atom is 0.0560 e. The highest BCUT2D eigenvalue weighted by Gasteiger charge is 2.26. The van der Waals surface area contributed by atoms with Crippen molar-refractivity contribution in [2.24, 2.45) is 0 Å². The largest absolute Gasteiger partial charge is 0.311 e. The monoisotopic (exact) mass is 391 g/mol. The van der Waals surface area contributed by atoms with E-state index in [0.717, 1.165) is 42.6 Å². The number of nitrogens with one attached hydrogen (secondary N) is 4. The number of rotatable bonds is 0. The van der Waals surface area contributed by atoms with Crippen LogP contribution >= 0.6 is 11.6 Å². The van der Waals surface area contributed by atoms with Gasteiger partial charge in [-0.1, -0.05) is 37.3 Å². The van der Waals surface area contributed by atoms with Crippen LogP contribution in [0.2, 0.25) is 5.02 Å². The summed E-state index contributed by atoms with van der Waals surface area (Å²) in [4.78, 5) is 4.87. The lowest BCUT2D eigenvalue weighted by molar-refractivity contribution is 0.266. The molecule has 4 rings (SSSR count). The van der Waals surface area contributed by atoms with Crippen LogP contribution in [0.5, 0.6) is 0 Å². The van der Waals surface area contributed by atoms with Crippen molar-refractivity contribution in [3.05, 3.63) is 28.5 Å². The van der Waals surface area contributed by atoms with E-state index in [1.165, 1.54) is 51.4 Å². The Hall–Kier alpha value is -0.720. The molecule has 4 N–H and O–H groups in total. The van der Waals surface area contributed by atoms with Crippen LogP contribution in [0.3, 0.4) is 0 Å². The molecule has 3 aliphatic rings. The molecule has 0 unspecified atom stereocenters. The van der Waals surface area contributed by atoms with Gasteiger partial charge in [0, 0.05) is 55.4 Å². The Balaban J connectivity index is 1.51. The van der Waals surface area contributed by atoms with Crippen molar-refractivity contribution in [1.29, 1.82) is 0 Å². The third kappa shape index (κ3) is 5.42. The van der Waals surface area contributed by atoms with Crippen LogP contribution in [0.1, 0.15) is 62.8 Å². The van der Waals surface area contributed by atoms with Gasteiger partial charge in [0.05, 0.1) is 11.4 Å². The first-order chi connectivity index (χ1) is 13.3. The lowest BCUT2D eigenvalue weighted by Crippen LogP contribution is -2.53. The van der Waals surface area contributed by atoms with Crippen LogP contribution in [-0.2, 0) is 13.1 Å². The highest BCUT2D eigenvalue weighted by molar-refractivity contribution is 6.30. The molecule has 0 spiro atoms. The van der Waals surface area contributed by atoms with E-state index in [4.69, 9.17) is 16.6 Å². The van der Waals surface area contributed by atoms with Crippen LogP contribution in [0, 0.1) is 0 Å².